The molecule has 0 spiro atoms. The van der Waals surface area contributed by atoms with Crippen LogP contribution in [0.2, 0.25) is 0 Å². The molecule has 1 aromatic heterocycles. The summed E-state index contributed by atoms with van der Waals surface area (Å²) in [6.07, 6.45) is 7.65. The van der Waals surface area contributed by atoms with Crippen molar-refractivity contribution < 1.29 is 13.9 Å². The van der Waals surface area contributed by atoms with Gasteiger partial charge in [-0.25, -0.2) is 18.7 Å². The molecule has 0 bridgehead atoms. The van der Waals surface area contributed by atoms with Crippen LogP contribution in [0, 0.1) is 18.7 Å². The largest absolute Gasteiger partial charge is 0.485 e. The molecule has 6 rings (SSSR count). The topological polar surface area (TPSA) is 68.6 Å². The highest BCUT2D eigenvalue weighted by Crippen LogP contribution is 2.40. The van der Waals surface area contributed by atoms with Crippen LogP contribution in [0.5, 0.6) is 5.75 Å². The van der Waals surface area contributed by atoms with E-state index in [0.717, 1.165) is 41.4 Å². The summed E-state index contributed by atoms with van der Waals surface area (Å²) in [6, 6.07) is 8.74. The Hall–Kier alpha value is -2.58. The number of hydrogen-bond donors (Lipinski definition) is 1. The normalized spacial score (nSPS) is 24.5. The maximum atomic E-state index is 14.2. The van der Waals surface area contributed by atoms with E-state index in [1.807, 2.05) is 6.07 Å². The summed E-state index contributed by atoms with van der Waals surface area (Å²) in [5.41, 5.74) is 3.58. The average molecular weight is 481 g/mol. The van der Waals surface area contributed by atoms with Gasteiger partial charge in [0.25, 0.3) is 0 Å². The second-order valence-electron chi connectivity index (χ2n) is 9.44. The van der Waals surface area contributed by atoms with Crippen LogP contribution in [-0.4, -0.2) is 40.3 Å². The summed E-state index contributed by atoms with van der Waals surface area (Å²) < 4.78 is 31.4. The zero-order valence-corrected chi connectivity index (χ0v) is 20.1. The summed E-state index contributed by atoms with van der Waals surface area (Å²) in [6.45, 7) is 2.61. The molecule has 0 radical (unpaired) electrons. The van der Waals surface area contributed by atoms with E-state index in [1.165, 1.54) is 36.5 Å². The van der Waals surface area contributed by atoms with E-state index < -0.39 is 0 Å². The van der Waals surface area contributed by atoms with E-state index in [2.05, 4.69) is 28.3 Å². The highest BCUT2D eigenvalue weighted by atomic mass is 32.2. The Bertz CT molecular complexity index is 1260. The number of benzene rings is 2. The number of ether oxygens (including phenoxy) is 2. The van der Waals surface area contributed by atoms with Crippen molar-refractivity contribution in [2.24, 2.45) is 10.3 Å². The first kappa shape index (κ1) is 21.9. The summed E-state index contributed by atoms with van der Waals surface area (Å²) in [5.74, 6) is 3.59. The van der Waals surface area contributed by atoms with Crippen molar-refractivity contribution in [3.05, 3.63) is 48.0 Å². The van der Waals surface area contributed by atoms with Crippen molar-refractivity contribution in [2.45, 2.75) is 51.2 Å². The molecule has 3 fully saturated rings. The first-order chi connectivity index (χ1) is 16.6. The van der Waals surface area contributed by atoms with Gasteiger partial charge in [-0.3, -0.25) is 0 Å². The predicted molar refractivity (Wildman–Crippen MR) is 134 cm³/mol. The second-order valence-corrected chi connectivity index (χ2v) is 11.4. The zero-order chi connectivity index (χ0) is 23.1. The fourth-order valence-electron chi connectivity index (χ4n) is 5.44. The maximum Gasteiger partial charge on any atom is 0.146 e. The molecule has 6 nitrogen and oxygen atoms in total. The molecule has 3 heterocycles. The third-order valence-corrected chi connectivity index (χ3v) is 9.08. The van der Waals surface area contributed by atoms with Crippen LogP contribution in [-0.2, 0) is 15.4 Å². The second kappa shape index (κ2) is 9.23. The lowest BCUT2D eigenvalue weighted by Crippen LogP contribution is -2.26. The minimum atomic E-state index is -0.329. The minimum Gasteiger partial charge on any atom is -0.485 e. The molecular weight excluding hydrogens is 451 g/mol. The highest BCUT2D eigenvalue weighted by Gasteiger charge is 2.42. The summed E-state index contributed by atoms with van der Waals surface area (Å²) in [4.78, 5) is 9.04. The summed E-state index contributed by atoms with van der Waals surface area (Å²) in [5, 5.41) is 4.33. The molecule has 2 aromatic carbocycles. The van der Waals surface area contributed by atoms with Gasteiger partial charge in [-0.2, -0.15) is 0 Å². The lowest BCUT2D eigenvalue weighted by atomic mass is 10.0. The molecule has 1 aliphatic carbocycles. The van der Waals surface area contributed by atoms with Crippen molar-refractivity contribution in [3.8, 4) is 5.75 Å². The molecule has 1 unspecified atom stereocenters. The van der Waals surface area contributed by atoms with Crippen molar-refractivity contribution >= 4 is 38.8 Å². The smallest absolute Gasteiger partial charge is 0.146 e. The third-order valence-electron chi connectivity index (χ3n) is 7.10. The van der Waals surface area contributed by atoms with Gasteiger partial charge in [-0.1, -0.05) is 17.1 Å². The number of anilines is 2. The summed E-state index contributed by atoms with van der Waals surface area (Å²) in [7, 11) is 0.127. The molecule has 3 aromatic rings. The van der Waals surface area contributed by atoms with Crippen molar-refractivity contribution in [2.75, 3.05) is 23.4 Å². The Morgan fingerprint density at radius 1 is 1.12 bits per heavy atom. The van der Waals surface area contributed by atoms with Gasteiger partial charge < -0.3 is 14.8 Å². The average Bonchev–Trinajstić information content (AvgIpc) is 3.56. The maximum absolute atomic E-state index is 14.2. The molecule has 2 saturated heterocycles. The van der Waals surface area contributed by atoms with E-state index in [4.69, 9.17) is 13.8 Å². The molecule has 0 amide bonds. The van der Waals surface area contributed by atoms with Crippen LogP contribution in [0.15, 0.2) is 41.0 Å². The van der Waals surface area contributed by atoms with Crippen molar-refractivity contribution in [1.82, 2.24) is 9.97 Å². The Balaban J connectivity index is 1.31. The van der Waals surface area contributed by atoms with Crippen molar-refractivity contribution in [1.29, 1.82) is 0 Å². The number of nitrogens with one attached hydrogen (secondary N) is 1. The third kappa shape index (κ3) is 4.29. The monoisotopic (exact) mass is 480 g/mol. The standard InChI is InChI=1S/C26H29FN4O2S/c1-16-11-18(31-34-9-2-3-10-34)13-21-25(16)26(29-15-28-21)30-20-8-7-17(27)12-23(20)33-24-14-32-22-6-4-5-19(22)24/h7-8,11-13,15,19,22,24H,2-6,9-10,14H2,1H3,(H,28,29,30)/t19?,22-,24-/m1/s1. The highest BCUT2D eigenvalue weighted by molar-refractivity contribution is 7.87. The molecule has 34 heavy (non-hydrogen) atoms. The first-order valence-corrected chi connectivity index (χ1v) is 13.7. The number of rotatable bonds is 5. The van der Waals surface area contributed by atoms with Crippen LogP contribution >= 0.6 is 0 Å². The van der Waals surface area contributed by atoms with Crippen LogP contribution in [0.4, 0.5) is 21.6 Å². The molecule has 1 N–H and O–H groups in total. The fourth-order valence-corrected chi connectivity index (χ4v) is 7.30. The molecule has 2 aliphatic heterocycles. The molecule has 3 atom stereocenters. The number of nitrogens with zero attached hydrogens (tertiary/aromatic N) is 3. The van der Waals surface area contributed by atoms with Gasteiger partial charge in [0.2, 0.25) is 0 Å². The lowest BCUT2D eigenvalue weighted by Gasteiger charge is -2.21. The number of aromatic nitrogens is 2. The SMILES string of the molecule is Cc1cc(N=S2CCCC2)cc2ncnc(Nc3ccc(F)cc3O[C@@H]3CO[C@@H]4CCCC43)c12. The molecular formula is C26H29FN4O2S. The van der Waals surface area contributed by atoms with Gasteiger partial charge in [0.1, 0.15) is 29.8 Å². The van der Waals surface area contributed by atoms with E-state index in [-0.39, 0.29) is 28.7 Å². The Morgan fingerprint density at radius 2 is 2.00 bits per heavy atom. The Kier molecular flexibility index (Phi) is 5.95. The molecule has 8 heteroatoms. The Labute approximate surface area is 201 Å². The van der Waals surface area contributed by atoms with E-state index in [1.54, 1.807) is 12.4 Å². The van der Waals surface area contributed by atoms with E-state index in [9.17, 15) is 4.39 Å². The lowest BCUT2D eigenvalue weighted by molar-refractivity contribution is 0.0917. The molecule has 1 saturated carbocycles. The van der Waals surface area contributed by atoms with Gasteiger partial charge in [0.15, 0.2) is 0 Å². The van der Waals surface area contributed by atoms with Crippen LogP contribution in [0.25, 0.3) is 10.9 Å². The van der Waals surface area contributed by atoms with Crippen molar-refractivity contribution in [3.63, 3.8) is 0 Å². The zero-order valence-electron chi connectivity index (χ0n) is 19.3. The van der Waals surface area contributed by atoms with Crippen LogP contribution < -0.4 is 10.1 Å². The quantitative estimate of drug-likeness (QED) is 0.485. The van der Waals surface area contributed by atoms with E-state index >= 15 is 0 Å². The molecule has 178 valence electrons. The molecule has 3 aliphatic rings. The van der Waals surface area contributed by atoms with Gasteiger partial charge in [0.05, 0.1) is 29.6 Å². The Morgan fingerprint density at radius 3 is 2.88 bits per heavy atom. The minimum absolute atomic E-state index is 0.0562. The fraction of sp³-hybridized carbons (Fsp3) is 0.462. The van der Waals surface area contributed by atoms with Crippen LogP contribution in [0.1, 0.15) is 37.7 Å². The van der Waals surface area contributed by atoms with Gasteiger partial charge in [-0.15, -0.1) is 0 Å². The summed E-state index contributed by atoms with van der Waals surface area (Å²) >= 11 is 0. The number of hydrogen-bond acceptors (Lipinski definition) is 6. The first-order valence-electron chi connectivity index (χ1n) is 12.1. The predicted octanol–water partition coefficient (Wildman–Crippen LogP) is 5.99. The van der Waals surface area contributed by atoms with Gasteiger partial charge >= 0.3 is 0 Å². The number of halogens is 1. The van der Waals surface area contributed by atoms with Crippen LogP contribution in [0.3, 0.4) is 0 Å². The number of fused-ring (bicyclic) bond motifs is 2. The number of aryl methyl sites for hydroxylation is 1. The van der Waals surface area contributed by atoms with Gasteiger partial charge in [-0.05, 0) is 62.4 Å². The van der Waals surface area contributed by atoms with E-state index in [0.29, 0.717) is 29.8 Å². The van der Waals surface area contributed by atoms with Gasteiger partial charge in [0, 0.05) is 28.9 Å².